The second kappa shape index (κ2) is 8.48. The van der Waals surface area contributed by atoms with Gasteiger partial charge in [0.15, 0.2) is 0 Å². The van der Waals surface area contributed by atoms with Gasteiger partial charge in [-0.05, 0) is 24.6 Å². The summed E-state index contributed by atoms with van der Waals surface area (Å²) in [5.74, 6) is -2.48. The lowest BCUT2D eigenvalue weighted by Crippen LogP contribution is -2.21. The molecule has 0 fully saturated rings. The monoisotopic (exact) mass is 457 g/mol. The van der Waals surface area contributed by atoms with Crippen LogP contribution in [0.25, 0.3) is 0 Å². The van der Waals surface area contributed by atoms with Crippen molar-refractivity contribution in [1.82, 2.24) is 9.78 Å². The molecule has 0 spiro atoms. The predicted molar refractivity (Wildman–Crippen MR) is 95.4 cm³/mol. The molecule has 12 heteroatoms. The maximum atomic E-state index is 13.9. The highest BCUT2D eigenvalue weighted by Crippen LogP contribution is 2.30. The van der Waals surface area contributed by atoms with E-state index in [1.54, 1.807) is 20.8 Å². The number of benzene rings is 1. The second-order valence-corrected chi connectivity index (χ2v) is 8.45. The van der Waals surface area contributed by atoms with Crippen LogP contribution < -0.4 is 4.80 Å². The number of hydrogen-bond acceptors (Lipinski definition) is 3. The normalized spacial score (nSPS) is 13.7. The summed E-state index contributed by atoms with van der Waals surface area (Å²) in [5.41, 5.74) is -2.63. The largest absolute Gasteiger partial charge is 0.416 e. The van der Waals surface area contributed by atoms with Gasteiger partial charge in [-0.1, -0.05) is 32.1 Å². The molecule has 166 valence electrons. The summed E-state index contributed by atoms with van der Waals surface area (Å²) in [5, 5.41) is 4.62. The average molecular weight is 457 g/mol. The second-order valence-electron chi connectivity index (χ2n) is 7.49. The van der Waals surface area contributed by atoms with Gasteiger partial charge in [-0.15, -0.1) is 0 Å². The minimum Gasteiger partial charge on any atom is -0.267 e. The third-order valence-electron chi connectivity index (χ3n) is 3.81. The molecule has 1 aromatic carbocycles. The number of carbonyl (C=O) groups excluding carboxylic acids is 1. The Kier molecular flexibility index (Phi) is 6.79. The minimum absolute atomic E-state index is 0.121. The zero-order valence-electron chi connectivity index (χ0n) is 16.2. The number of carbonyl (C=O) groups is 1. The van der Waals surface area contributed by atoms with Gasteiger partial charge in [0.1, 0.15) is 10.8 Å². The molecule has 0 atom stereocenters. The Labute approximate surface area is 171 Å². The van der Waals surface area contributed by atoms with Gasteiger partial charge in [-0.3, -0.25) is 4.79 Å². The molecule has 0 unspecified atom stereocenters. The van der Waals surface area contributed by atoms with E-state index in [0.29, 0.717) is 23.2 Å². The third kappa shape index (κ3) is 6.38. The Morgan fingerprint density at radius 3 is 2.30 bits per heavy atom. The van der Waals surface area contributed by atoms with Crippen LogP contribution in [-0.4, -0.2) is 21.9 Å². The number of hydrogen-bond donors (Lipinski definition) is 0. The Hall–Kier alpha value is -2.24. The van der Waals surface area contributed by atoms with Crippen LogP contribution in [0.1, 0.15) is 54.5 Å². The zero-order chi connectivity index (χ0) is 22.9. The lowest BCUT2D eigenvalue weighted by atomic mass is 9.98. The van der Waals surface area contributed by atoms with E-state index in [4.69, 9.17) is 0 Å². The van der Waals surface area contributed by atoms with E-state index < -0.39 is 47.0 Å². The van der Waals surface area contributed by atoms with Crippen molar-refractivity contribution in [3.8, 4) is 0 Å². The highest BCUT2D eigenvalue weighted by molar-refractivity contribution is 7.09. The summed E-state index contributed by atoms with van der Waals surface area (Å²) in [6.07, 6.45) is -10.6. The topological polar surface area (TPSA) is 47.2 Å². The first-order chi connectivity index (χ1) is 13.6. The number of rotatable bonds is 4. The fraction of sp³-hybridized carbons (Fsp3) is 0.500. The summed E-state index contributed by atoms with van der Waals surface area (Å²) in [6, 6.07) is 1.35. The molecule has 1 aromatic heterocycles. The first-order valence-electron chi connectivity index (χ1n) is 8.69. The van der Waals surface area contributed by atoms with Crippen LogP contribution in [0.15, 0.2) is 23.2 Å². The molecule has 0 saturated carbocycles. The molecule has 0 bridgehead atoms. The Balaban J connectivity index is 2.46. The van der Waals surface area contributed by atoms with E-state index in [-0.39, 0.29) is 17.8 Å². The molecule has 0 aliphatic carbocycles. The molecular weight excluding hydrogens is 439 g/mol. The van der Waals surface area contributed by atoms with Crippen LogP contribution >= 0.6 is 11.3 Å². The zero-order valence-corrected chi connectivity index (χ0v) is 17.0. The molecule has 0 aliphatic heterocycles. The number of aromatic nitrogens is 2. The van der Waals surface area contributed by atoms with E-state index in [1.165, 1.54) is 0 Å². The Morgan fingerprint density at radius 1 is 1.13 bits per heavy atom. The molecule has 2 rings (SSSR count). The van der Waals surface area contributed by atoms with Gasteiger partial charge < -0.3 is 0 Å². The SMILES string of the molecule is CC(C)(C)c1nn(CCCC(F)(F)F)c(=NC(=O)c2cc(C(F)(F)F)ccc2F)s1. The van der Waals surface area contributed by atoms with Crippen LogP contribution in [0, 0.1) is 5.82 Å². The molecule has 0 aliphatic rings. The van der Waals surface area contributed by atoms with Crippen molar-refractivity contribution in [2.75, 3.05) is 0 Å². The number of halogens is 7. The summed E-state index contributed by atoms with van der Waals surface area (Å²) in [4.78, 5) is 15.9. The summed E-state index contributed by atoms with van der Waals surface area (Å²) in [6.45, 7) is 5.13. The standard InChI is InChI=1S/C18H18F7N3OS/c1-16(2,3)14-27-28(8-4-7-17(20,21)22)15(30-14)26-13(29)11-9-10(18(23,24)25)5-6-12(11)19/h5-6,9H,4,7-8H2,1-3H3. The fourth-order valence-electron chi connectivity index (χ4n) is 2.28. The number of nitrogens with zero attached hydrogens (tertiary/aromatic N) is 3. The first-order valence-corrected chi connectivity index (χ1v) is 9.50. The molecule has 0 N–H and O–H groups in total. The van der Waals surface area contributed by atoms with E-state index in [9.17, 15) is 35.5 Å². The van der Waals surface area contributed by atoms with Crippen LogP contribution in [0.2, 0.25) is 0 Å². The maximum Gasteiger partial charge on any atom is 0.416 e. The van der Waals surface area contributed by atoms with Crippen LogP contribution in [0.4, 0.5) is 30.7 Å². The van der Waals surface area contributed by atoms with Crippen molar-refractivity contribution in [3.63, 3.8) is 0 Å². The Morgan fingerprint density at radius 2 is 1.77 bits per heavy atom. The van der Waals surface area contributed by atoms with Crippen LogP contribution in [0.3, 0.4) is 0 Å². The lowest BCUT2D eigenvalue weighted by molar-refractivity contribution is -0.138. The minimum atomic E-state index is -4.79. The maximum absolute atomic E-state index is 13.9. The molecule has 0 saturated heterocycles. The number of alkyl halides is 6. The summed E-state index contributed by atoms with van der Waals surface area (Å²) in [7, 11) is 0. The number of amides is 1. The van der Waals surface area contributed by atoms with E-state index >= 15 is 0 Å². The van der Waals surface area contributed by atoms with E-state index in [1.807, 2.05) is 0 Å². The summed E-state index contributed by atoms with van der Waals surface area (Å²) >= 11 is 0.901. The van der Waals surface area contributed by atoms with Crippen LogP contribution in [0.5, 0.6) is 0 Å². The summed E-state index contributed by atoms with van der Waals surface area (Å²) < 4.78 is 90.9. The molecular formula is C18H18F7N3OS. The predicted octanol–water partition coefficient (Wildman–Crippen LogP) is 5.48. The van der Waals surface area contributed by atoms with Crippen molar-refractivity contribution in [1.29, 1.82) is 0 Å². The molecule has 1 heterocycles. The van der Waals surface area contributed by atoms with Gasteiger partial charge in [0, 0.05) is 18.4 Å². The molecule has 0 radical (unpaired) electrons. The lowest BCUT2D eigenvalue weighted by Gasteiger charge is -2.12. The van der Waals surface area contributed by atoms with Crippen LogP contribution in [-0.2, 0) is 18.1 Å². The van der Waals surface area contributed by atoms with Gasteiger partial charge in [-0.25, -0.2) is 9.07 Å². The van der Waals surface area contributed by atoms with Gasteiger partial charge in [0.25, 0.3) is 5.91 Å². The molecule has 2 aromatic rings. The first kappa shape index (κ1) is 24.0. The Bertz CT molecular complexity index is 981. The van der Waals surface area contributed by atoms with Crippen molar-refractivity contribution in [2.45, 2.75) is 57.9 Å². The van der Waals surface area contributed by atoms with Gasteiger partial charge in [0.2, 0.25) is 4.80 Å². The van der Waals surface area contributed by atoms with Crippen molar-refractivity contribution in [3.05, 3.63) is 45.0 Å². The molecule has 4 nitrogen and oxygen atoms in total. The average Bonchev–Trinajstić information content (AvgIpc) is 2.96. The number of aryl methyl sites for hydroxylation is 1. The van der Waals surface area contributed by atoms with Crippen molar-refractivity contribution < 1.29 is 35.5 Å². The van der Waals surface area contributed by atoms with Crippen molar-refractivity contribution in [2.24, 2.45) is 4.99 Å². The smallest absolute Gasteiger partial charge is 0.267 e. The third-order valence-corrected chi connectivity index (χ3v) is 5.19. The quantitative estimate of drug-likeness (QED) is 0.571. The fourth-order valence-corrected chi connectivity index (χ4v) is 3.27. The van der Waals surface area contributed by atoms with Gasteiger partial charge in [0.05, 0.1) is 11.1 Å². The van der Waals surface area contributed by atoms with Crippen molar-refractivity contribution >= 4 is 17.2 Å². The molecule has 1 amide bonds. The molecule has 30 heavy (non-hydrogen) atoms. The van der Waals surface area contributed by atoms with E-state index in [2.05, 4.69) is 10.1 Å². The highest BCUT2D eigenvalue weighted by Gasteiger charge is 2.32. The van der Waals surface area contributed by atoms with Gasteiger partial charge >= 0.3 is 12.4 Å². The van der Waals surface area contributed by atoms with E-state index in [0.717, 1.165) is 16.0 Å². The highest BCUT2D eigenvalue weighted by atomic mass is 32.1. The van der Waals surface area contributed by atoms with Gasteiger partial charge in [-0.2, -0.15) is 36.4 Å².